The molecule has 3 aliphatic heterocycles. The smallest absolute Gasteiger partial charge is 0.303 e. The number of nitrogens with zero attached hydrogens (tertiary/aromatic N) is 3. The van der Waals surface area contributed by atoms with Crippen molar-refractivity contribution in [1.82, 2.24) is 34.8 Å². The molecule has 5 amide bonds. The van der Waals surface area contributed by atoms with Gasteiger partial charge in [-0.2, -0.15) is 12.7 Å². The predicted octanol–water partition coefficient (Wildman–Crippen LogP) is 4.02. The highest BCUT2D eigenvalue weighted by molar-refractivity contribution is 7.87. The Balaban J connectivity index is 1.15. The van der Waals surface area contributed by atoms with E-state index in [0.29, 0.717) is 45.2 Å². The summed E-state index contributed by atoms with van der Waals surface area (Å²) in [7, 11) is -4.15. The van der Waals surface area contributed by atoms with Crippen molar-refractivity contribution in [2.45, 2.75) is 174 Å². The van der Waals surface area contributed by atoms with Crippen LogP contribution in [-0.4, -0.2) is 120 Å². The van der Waals surface area contributed by atoms with Crippen LogP contribution in [0.4, 0.5) is 8.78 Å². The Kier molecular flexibility index (Phi) is 11.9. The van der Waals surface area contributed by atoms with Crippen LogP contribution in [0.2, 0.25) is 0 Å². The van der Waals surface area contributed by atoms with Crippen LogP contribution < -0.4 is 20.7 Å². The van der Waals surface area contributed by atoms with Crippen LogP contribution in [0.15, 0.2) is 12.7 Å². The number of amides is 5. The number of hydrogen-bond donors (Lipinski definition) is 4. The van der Waals surface area contributed by atoms with Gasteiger partial charge in [0.05, 0.1) is 12.6 Å². The Hall–Kier alpha value is -3.18. The summed E-state index contributed by atoms with van der Waals surface area (Å²) in [5.74, 6) is -6.96. The van der Waals surface area contributed by atoms with Crippen molar-refractivity contribution in [3.8, 4) is 0 Å². The Labute approximate surface area is 360 Å². The molecule has 7 rings (SSSR count). The standard InChI is InChI=1S/C44H69F2N7O7S/c1-9-29-22-44(29,38(58)50-61(59,60)51-20-13-14-21-51)49-35(55)30-23-42(40(7,8)41(42)18-15-19-41)25-53(30)37(57)33(39(4,5)6)48-36(56)32(28-16-11-10-12-17-28)47-34(54)31-24-43(45,46)26-52(31)27(2)3/h9,27-33H,1,10-26H2,2-8H3,(H,47,54)(H,48,56)(H,49,55)(H,50,58)/t29-,30+,31+,32+,33-,42-,44-/m1/s1. The maximum atomic E-state index is 15.2. The first-order chi connectivity index (χ1) is 28.4. The molecular formula is C44H69F2N7O7S. The summed E-state index contributed by atoms with van der Waals surface area (Å²) in [5, 5.41) is 8.82. The fourth-order valence-corrected chi connectivity index (χ4v) is 13.7. The lowest BCUT2D eigenvalue weighted by molar-refractivity contribution is -0.145. The third kappa shape index (κ3) is 7.81. The minimum atomic E-state index is -4.15. The molecule has 7 aliphatic rings. The van der Waals surface area contributed by atoms with Crippen LogP contribution in [0, 0.1) is 33.5 Å². The number of likely N-dealkylation sites (tertiary alicyclic amines) is 2. The third-order valence-electron chi connectivity index (χ3n) is 16.4. The van der Waals surface area contributed by atoms with Crippen LogP contribution in [0.3, 0.4) is 0 Å². The zero-order chi connectivity index (χ0) is 44.7. The molecule has 0 aromatic rings. The highest BCUT2D eigenvalue weighted by atomic mass is 32.2. The van der Waals surface area contributed by atoms with Gasteiger partial charge in [0.15, 0.2) is 0 Å². The first-order valence-corrected chi connectivity index (χ1v) is 24.1. The number of nitrogens with one attached hydrogen (secondary N) is 4. The highest BCUT2D eigenvalue weighted by Gasteiger charge is 2.85. The van der Waals surface area contributed by atoms with Crippen LogP contribution in [-0.2, 0) is 34.2 Å². The molecule has 0 unspecified atom stereocenters. The molecule has 17 heteroatoms. The van der Waals surface area contributed by atoms with E-state index >= 15 is 4.79 Å². The summed E-state index contributed by atoms with van der Waals surface area (Å²) >= 11 is 0. The Morgan fingerprint density at radius 1 is 0.820 bits per heavy atom. The predicted molar refractivity (Wildman–Crippen MR) is 225 cm³/mol. The minimum Gasteiger partial charge on any atom is -0.343 e. The lowest BCUT2D eigenvalue weighted by Gasteiger charge is -2.38. The summed E-state index contributed by atoms with van der Waals surface area (Å²) in [5.41, 5.74) is -3.13. The second-order valence-electron chi connectivity index (χ2n) is 21.4. The van der Waals surface area contributed by atoms with Gasteiger partial charge >= 0.3 is 10.2 Å². The molecule has 4 N–H and O–H groups in total. The van der Waals surface area contributed by atoms with Gasteiger partial charge in [-0.1, -0.05) is 66.4 Å². The Morgan fingerprint density at radius 2 is 1.46 bits per heavy atom. The number of hydrogen-bond acceptors (Lipinski definition) is 8. The van der Waals surface area contributed by atoms with Crippen molar-refractivity contribution in [1.29, 1.82) is 0 Å². The number of carbonyl (C=O) groups is 5. The van der Waals surface area contributed by atoms with E-state index in [-0.39, 0.29) is 35.8 Å². The molecule has 7 fully saturated rings. The maximum absolute atomic E-state index is 15.2. The van der Waals surface area contributed by atoms with Gasteiger partial charge in [0.1, 0.15) is 23.7 Å². The van der Waals surface area contributed by atoms with Crippen molar-refractivity contribution in [2.24, 2.45) is 33.5 Å². The molecule has 0 aromatic carbocycles. The Morgan fingerprint density at radius 3 is 1.98 bits per heavy atom. The van der Waals surface area contributed by atoms with E-state index in [1.165, 1.54) is 15.3 Å². The van der Waals surface area contributed by atoms with E-state index in [0.717, 1.165) is 38.5 Å². The lowest BCUT2D eigenvalue weighted by atomic mass is 9.73. The molecular weight excluding hydrogens is 809 g/mol. The largest absolute Gasteiger partial charge is 0.343 e. The van der Waals surface area contributed by atoms with Gasteiger partial charge in [0.25, 0.3) is 11.8 Å². The van der Waals surface area contributed by atoms with E-state index in [9.17, 15) is 36.4 Å². The van der Waals surface area contributed by atoms with E-state index in [1.807, 2.05) is 20.8 Å². The molecule has 0 radical (unpaired) electrons. The van der Waals surface area contributed by atoms with Crippen molar-refractivity contribution >= 4 is 39.7 Å². The van der Waals surface area contributed by atoms with Gasteiger partial charge in [0, 0.05) is 43.4 Å². The zero-order valence-corrected chi connectivity index (χ0v) is 38.0. The number of rotatable bonds is 13. The molecule has 3 heterocycles. The Bertz CT molecular complexity index is 1910. The van der Waals surface area contributed by atoms with Crippen molar-refractivity contribution in [3.63, 3.8) is 0 Å². The first-order valence-electron chi connectivity index (χ1n) is 22.7. The third-order valence-corrected chi connectivity index (χ3v) is 17.9. The molecule has 0 bridgehead atoms. The SMILES string of the molecule is C=C[C@@H]1C[C@]1(NC(=O)[C@@H]1C[C@@]2(CN1C(=O)[C@@H](NC(=O)[C@@H](NC(=O)[C@@H]1CC(F)(F)CN1C(C)C)C1CCCCC1)C(C)(C)C)C(C)(C)C21CCC1)C(=O)NS(=O)(=O)N1CCCC1. The molecule has 61 heavy (non-hydrogen) atoms. The first kappa shape index (κ1) is 45.8. The van der Waals surface area contributed by atoms with Gasteiger partial charge in [-0.15, -0.1) is 6.58 Å². The van der Waals surface area contributed by atoms with E-state index in [2.05, 4.69) is 41.1 Å². The minimum absolute atomic E-state index is 0.0760. The summed E-state index contributed by atoms with van der Waals surface area (Å²) in [4.78, 5) is 75.4. The lowest BCUT2D eigenvalue weighted by Crippen LogP contribution is -2.63. The summed E-state index contributed by atoms with van der Waals surface area (Å²) in [6.07, 6.45) is 9.63. The number of fused-ring (bicyclic) bond motifs is 1. The fraction of sp³-hybridized carbons (Fsp3) is 0.841. The maximum Gasteiger partial charge on any atom is 0.303 e. The van der Waals surface area contributed by atoms with Crippen molar-refractivity contribution in [3.05, 3.63) is 12.7 Å². The number of alkyl halides is 2. The summed E-state index contributed by atoms with van der Waals surface area (Å²) in [6, 6.07) is -4.69. The van der Waals surface area contributed by atoms with Gasteiger partial charge in [0.2, 0.25) is 23.6 Å². The fourth-order valence-electron chi connectivity index (χ4n) is 12.4. The number of carbonyl (C=O) groups excluding carboxylic acids is 5. The van der Waals surface area contributed by atoms with Gasteiger partial charge < -0.3 is 20.9 Å². The normalized spacial score (nSPS) is 32.9. The van der Waals surface area contributed by atoms with Crippen LogP contribution in [0.25, 0.3) is 0 Å². The highest BCUT2D eigenvalue weighted by Crippen LogP contribution is 2.88. The monoisotopic (exact) mass is 877 g/mol. The number of halogens is 2. The average molecular weight is 878 g/mol. The summed E-state index contributed by atoms with van der Waals surface area (Å²) < 4.78 is 59.2. The second-order valence-corrected chi connectivity index (χ2v) is 23.1. The van der Waals surface area contributed by atoms with Gasteiger partial charge in [-0.3, -0.25) is 28.9 Å². The molecule has 0 aromatic heterocycles. The molecule has 2 spiro atoms. The molecule has 14 nitrogen and oxygen atoms in total. The van der Waals surface area contributed by atoms with E-state index in [1.54, 1.807) is 18.7 Å². The summed E-state index contributed by atoms with van der Waals surface area (Å²) in [6.45, 7) is 17.5. The quantitative estimate of drug-likeness (QED) is 0.201. The van der Waals surface area contributed by atoms with Crippen LogP contribution in [0.1, 0.15) is 132 Å². The van der Waals surface area contributed by atoms with Crippen molar-refractivity contribution in [2.75, 3.05) is 26.2 Å². The van der Waals surface area contributed by atoms with Gasteiger partial charge in [-0.25, -0.2) is 13.5 Å². The topological polar surface area (TPSA) is 177 Å². The zero-order valence-electron chi connectivity index (χ0n) is 37.2. The van der Waals surface area contributed by atoms with Gasteiger partial charge in [-0.05, 0) is 87.4 Å². The second kappa shape index (κ2) is 15.8. The molecule has 4 saturated carbocycles. The molecule has 3 saturated heterocycles. The van der Waals surface area contributed by atoms with Crippen LogP contribution in [0.5, 0.6) is 0 Å². The van der Waals surface area contributed by atoms with Crippen molar-refractivity contribution < 1.29 is 41.2 Å². The van der Waals surface area contributed by atoms with Crippen LogP contribution >= 0.6 is 0 Å². The molecule has 4 aliphatic carbocycles. The average Bonchev–Trinajstić information content (AvgIpc) is 3.55. The molecule has 7 atom stereocenters. The van der Waals surface area contributed by atoms with E-state index < -0.39 is 105 Å². The van der Waals surface area contributed by atoms with E-state index in [4.69, 9.17) is 0 Å². The molecule has 342 valence electrons.